The summed E-state index contributed by atoms with van der Waals surface area (Å²) >= 11 is 0. The van der Waals surface area contributed by atoms with E-state index in [0.29, 0.717) is 11.6 Å². The monoisotopic (exact) mass is 248 g/mol. The Bertz CT molecular complexity index is 574. The number of nitrogens with two attached hydrogens (primary N) is 1. The first-order valence-electron chi connectivity index (χ1n) is 5.07. The van der Waals surface area contributed by atoms with Crippen molar-refractivity contribution in [3.8, 4) is 11.5 Å². The minimum Gasteiger partial charge on any atom is -0.504 e. The van der Waals surface area contributed by atoms with Crippen LogP contribution in [0.3, 0.4) is 0 Å². The predicted molar refractivity (Wildman–Crippen MR) is 66.8 cm³/mol. The van der Waals surface area contributed by atoms with Crippen LogP contribution in [0.15, 0.2) is 18.2 Å². The Hall–Kier alpha value is -2.77. The van der Waals surface area contributed by atoms with Gasteiger partial charge in [-0.25, -0.2) is 0 Å². The second-order valence-electron chi connectivity index (χ2n) is 3.42. The van der Waals surface area contributed by atoms with Crippen LogP contribution in [0.2, 0.25) is 0 Å². The van der Waals surface area contributed by atoms with E-state index in [-0.39, 0.29) is 23.4 Å². The molecule has 1 aromatic heterocycles. The van der Waals surface area contributed by atoms with Crippen LogP contribution in [-0.2, 0) is 0 Å². The van der Waals surface area contributed by atoms with Gasteiger partial charge in [-0.2, -0.15) is 15.0 Å². The van der Waals surface area contributed by atoms with Crippen LogP contribution < -0.4 is 16.4 Å². The van der Waals surface area contributed by atoms with E-state index in [4.69, 9.17) is 5.73 Å². The van der Waals surface area contributed by atoms with Crippen LogP contribution in [0.4, 0.5) is 23.5 Å². The summed E-state index contributed by atoms with van der Waals surface area (Å²) in [7, 11) is 1.66. The number of rotatable bonds is 3. The molecule has 0 saturated carbocycles. The number of benzene rings is 1. The Labute approximate surface area is 103 Å². The molecule has 0 unspecified atom stereocenters. The van der Waals surface area contributed by atoms with Crippen molar-refractivity contribution in [1.82, 2.24) is 15.0 Å². The van der Waals surface area contributed by atoms with Gasteiger partial charge in [-0.1, -0.05) is 0 Å². The van der Waals surface area contributed by atoms with Gasteiger partial charge in [0, 0.05) is 18.8 Å². The number of nitrogen functional groups attached to an aromatic ring is 1. The fourth-order valence-electron chi connectivity index (χ4n) is 1.29. The summed E-state index contributed by atoms with van der Waals surface area (Å²) in [5, 5.41) is 24.1. The summed E-state index contributed by atoms with van der Waals surface area (Å²) in [5.74, 6) is 0.187. The molecular weight excluding hydrogens is 236 g/mol. The maximum atomic E-state index is 9.35. The molecule has 0 spiro atoms. The van der Waals surface area contributed by atoms with E-state index in [2.05, 4.69) is 25.6 Å². The van der Waals surface area contributed by atoms with Crippen LogP contribution in [0.25, 0.3) is 0 Å². The van der Waals surface area contributed by atoms with Gasteiger partial charge in [0.05, 0.1) is 0 Å². The topological polar surface area (TPSA) is 129 Å². The number of hydrogen-bond acceptors (Lipinski definition) is 8. The lowest BCUT2D eigenvalue weighted by atomic mass is 10.3. The van der Waals surface area contributed by atoms with E-state index in [9.17, 15) is 10.2 Å². The molecule has 2 rings (SSSR count). The molecule has 0 amide bonds. The summed E-state index contributed by atoms with van der Waals surface area (Å²) in [4.78, 5) is 11.8. The zero-order valence-electron chi connectivity index (χ0n) is 9.55. The van der Waals surface area contributed by atoms with Crippen LogP contribution in [0.1, 0.15) is 0 Å². The molecule has 0 aliphatic carbocycles. The average Bonchev–Trinajstić information content (AvgIpc) is 2.33. The summed E-state index contributed by atoms with van der Waals surface area (Å²) < 4.78 is 0. The predicted octanol–water partition coefficient (Wildman–Crippen LogP) is 0.650. The standard InChI is InChI=1S/C10H12N6O2/c1-12-9-14-8(11)15-10(16-9)13-5-2-3-6(17)7(18)4-5/h2-4,17-18H,1H3,(H4,11,12,13,14,15,16). The summed E-state index contributed by atoms with van der Waals surface area (Å²) in [6.07, 6.45) is 0. The van der Waals surface area contributed by atoms with Crippen molar-refractivity contribution >= 4 is 23.5 Å². The first-order valence-corrected chi connectivity index (χ1v) is 5.07. The Balaban J connectivity index is 2.27. The van der Waals surface area contributed by atoms with Crippen molar-refractivity contribution in [3.63, 3.8) is 0 Å². The van der Waals surface area contributed by atoms with Gasteiger partial charge in [0.25, 0.3) is 0 Å². The molecule has 8 nitrogen and oxygen atoms in total. The minimum atomic E-state index is -0.240. The van der Waals surface area contributed by atoms with Gasteiger partial charge in [-0.15, -0.1) is 0 Å². The lowest BCUT2D eigenvalue weighted by Gasteiger charge is -2.07. The highest BCUT2D eigenvalue weighted by molar-refractivity contribution is 5.60. The lowest BCUT2D eigenvalue weighted by Crippen LogP contribution is -2.06. The largest absolute Gasteiger partial charge is 0.504 e. The highest BCUT2D eigenvalue weighted by Gasteiger charge is 2.05. The van der Waals surface area contributed by atoms with E-state index in [1.165, 1.54) is 12.1 Å². The number of hydrogen-bond donors (Lipinski definition) is 5. The van der Waals surface area contributed by atoms with Gasteiger partial charge in [0.15, 0.2) is 11.5 Å². The Morgan fingerprint density at radius 2 is 1.78 bits per heavy atom. The maximum absolute atomic E-state index is 9.35. The minimum absolute atomic E-state index is 0.0693. The van der Waals surface area contributed by atoms with Gasteiger partial charge in [-0.05, 0) is 12.1 Å². The van der Waals surface area contributed by atoms with Crippen LogP contribution in [0.5, 0.6) is 11.5 Å². The van der Waals surface area contributed by atoms with E-state index in [1.54, 1.807) is 13.1 Å². The van der Waals surface area contributed by atoms with Crippen molar-refractivity contribution in [2.24, 2.45) is 0 Å². The van der Waals surface area contributed by atoms with Gasteiger partial charge in [0.1, 0.15) is 0 Å². The summed E-state index contributed by atoms with van der Waals surface area (Å²) in [6.45, 7) is 0. The van der Waals surface area contributed by atoms with Crippen molar-refractivity contribution in [2.75, 3.05) is 23.4 Å². The zero-order valence-corrected chi connectivity index (χ0v) is 9.55. The fraction of sp³-hybridized carbons (Fsp3) is 0.100. The van der Waals surface area contributed by atoms with Crippen LogP contribution >= 0.6 is 0 Å². The van der Waals surface area contributed by atoms with E-state index in [1.807, 2.05) is 0 Å². The second-order valence-corrected chi connectivity index (χ2v) is 3.42. The lowest BCUT2D eigenvalue weighted by molar-refractivity contribution is 0.404. The highest BCUT2D eigenvalue weighted by atomic mass is 16.3. The third-order valence-electron chi connectivity index (χ3n) is 2.11. The molecule has 0 fully saturated rings. The molecule has 94 valence electrons. The van der Waals surface area contributed by atoms with Crippen LogP contribution in [0, 0.1) is 0 Å². The number of phenolic OH excluding ortho intramolecular Hbond substituents is 2. The molecule has 0 aliphatic rings. The Morgan fingerprint density at radius 1 is 1.06 bits per heavy atom. The summed E-state index contributed by atoms with van der Waals surface area (Å²) in [5.41, 5.74) is 6.02. The normalized spacial score (nSPS) is 10.1. The smallest absolute Gasteiger partial charge is 0.233 e. The van der Waals surface area contributed by atoms with Gasteiger partial charge in [-0.3, -0.25) is 0 Å². The van der Waals surface area contributed by atoms with E-state index in [0.717, 1.165) is 0 Å². The summed E-state index contributed by atoms with van der Waals surface area (Å²) in [6, 6.07) is 4.25. The molecule has 0 saturated heterocycles. The van der Waals surface area contributed by atoms with Crippen molar-refractivity contribution in [2.45, 2.75) is 0 Å². The highest BCUT2D eigenvalue weighted by Crippen LogP contribution is 2.28. The molecule has 8 heteroatoms. The molecular formula is C10H12N6O2. The van der Waals surface area contributed by atoms with Gasteiger partial charge in [0.2, 0.25) is 17.8 Å². The van der Waals surface area contributed by atoms with Gasteiger partial charge < -0.3 is 26.6 Å². The third-order valence-corrected chi connectivity index (χ3v) is 2.11. The number of aromatic nitrogens is 3. The average molecular weight is 248 g/mol. The van der Waals surface area contributed by atoms with Crippen LogP contribution in [-0.4, -0.2) is 32.2 Å². The fourth-order valence-corrected chi connectivity index (χ4v) is 1.29. The molecule has 1 aromatic carbocycles. The first-order chi connectivity index (χ1) is 8.58. The SMILES string of the molecule is CNc1nc(N)nc(Nc2ccc(O)c(O)c2)n1. The molecule has 18 heavy (non-hydrogen) atoms. The molecule has 2 aromatic rings. The van der Waals surface area contributed by atoms with Crippen molar-refractivity contribution in [3.05, 3.63) is 18.2 Å². The number of anilines is 4. The third kappa shape index (κ3) is 2.48. The van der Waals surface area contributed by atoms with Crippen molar-refractivity contribution < 1.29 is 10.2 Å². The number of nitrogens with one attached hydrogen (secondary N) is 2. The molecule has 0 bridgehead atoms. The number of aromatic hydroxyl groups is 2. The molecule has 0 atom stereocenters. The van der Waals surface area contributed by atoms with Crippen molar-refractivity contribution in [1.29, 1.82) is 0 Å². The Morgan fingerprint density at radius 3 is 2.44 bits per heavy atom. The number of phenols is 2. The first kappa shape index (κ1) is 11.7. The number of nitrogens with zero attached hydrogens (tertiary/aromatic N) is 3. The Kier molecular flexibility index (Phi) is 3.00. The van der Waals surface area contributed by atoms with E-state index >= 15 is 0 Å². The van der Waals surface area contributed by atoms with E-state index < -0.39 is 0 Å². The maximum Gasteiger partial charge on any atom is 0.233 e. The molecule has 0 aliphatic heterocycles. The van der Waals surface area contributed by atoms with Gasteiger partial charge >= 0.3 is 0 Å². The zero-order chi connectivity index (χ0) is 13.1. The molecule has 1 heterocycles. The second kappa shape index (κ2) is 4.62. The quantitative estimate of drug-likeness (QED) is 0.395. The molecule has 0 radical (unpaired) electrons. The molecule has 6 N–H and O–H groups in total.